The lowest BCUT2D eigenvalue weighted by molar-refractivity contribution is -0.137. The van der Waals surface area contributed by atoms with E-state index in [-0.39, 0.29) is 0 Å². The van der Waals surface area contributed by atoms with Crippen molar-refractivity contribution in [2.24, 2.45) is 0 Å². The van der Waals surface area contributed by atoms with E-state index in [1.807, 2.05) is 13.8 Å². The number of hydrogen-bond acceptors (Lipinski definition) is 1. The summed E-state index contributed by atoms with van der Waals surface area (Å²) in [5, 5.41) is 8.22. The van der Waals surface area contributed by atoms with Crippen molar-refractivity contribution in [3.63, 3.8) is 0 Å². The summed E-state index contributed by atoms with van der Waals surface area (Å²) in [6.45, 7) is 4.03. The summed E-state index contributed by atoms with van der Waals surface area (Å²) in [6.07, 6.45) is 2.01. The molecule has 0 unspecified atom stereocenters. The van der Waals surface area contributed by atoms with E-state index in [0.29, 0.717) is 6.42 Å². The van der Waals surface area contributed by atoms with Gasteiger partial charge in [-0.25, -0.2) is 0 Å². The molecule has 0 heterocycles. The van der Waals surface area contributed by atoms with Gasteiger partial charge in [0.25, 0.3) is 0 Å². The van der Waals surface area contributed by atoms with Gasteiger partial charge in [-0.15, -0.1) is 0 Å². The lowest BCUT2D eigenvalue weighted by Gasteiger charge is -1.99. The first kappa shape index (κ1) is 8.47. The van der Waals surface area contributed by atoms with Gasteiger partial charge in [-0.2, -0.15) is 0 Å². The summed E-state index contributed by atoms with van der Waals surface area (Å²) in [6, 6.07) is 0. The molecule has 9 heavy (non-hydrogen) atoms. The number of carboxylic acids is 1. The highest BCUT2D eigenvalue weighted by Crippen LogP contribution is 2.07. The third kappa shape index (κ3) is 7.47. The summed E-state index contributed by atoms with van der Waals surface area (Å²) in [5.41, 5.74) is 0. The summed E-state index contributed by atoms with van der Waals surface area (Å²) >= 11 is 0. The van der Waals surface area contributed by atoms with Gasteiger partial charge in [-0.1, -0.05) is 13.8 Å². The maximum Gasteiger partial charge on any atom is 0.303 e. The van der Waals surface area contributed by atoms with Gasteiger partial charge in [-0.05, 0) is 18.8 Å². The molecule has 0 aliphatic carbocycles. The second kappa shape index (κ2) is 4.36. The lowest BCUT2D eigenvalue weighted by atomic mass is 10.1. The maximum absolute atomic E-state index is 9.97. The summed E-state index contributed by atoms with van der Waals surface area (Å²) in [7, 11) is 0. The van der Waals surface area contributed by atoms with Gasteiger partial charge in [0.15, 0.2) is 0 Å². The summed E-state index contributed by atoms with van der Waals surface area (Å²) < 4.78 is 0. The Morgan fingerprint density at radius 2 is 1.89 bits per heavy atom. The van der Waals surface area contributed by atoms with Crippen molar-refractivity contribution in [3.05, 3.63) is 5.92 Å². The molecule has 0 aromatic rings. The molecule has 0 atom stereocenters. The van der Waals surface area contributed by atoms with Crippen molar-refractivity contribution >= 4 is 5.97 Å². The lowest BCUT2D eigenvalue weighted by Crippen LogP contribution is -1.94. The molecule has 0 aromatic carbocycles. The van der Waals surface area contributed by atoms with Crippen LogP contribution in [0.15, 0.2) is 0 Å². The van der Waals surface area contributed by atoms with Crippen LogP contribution >= 0.6 is 0 Å². The Bertz CT molecular complexity index is 86.9. The molecule has 53 valence electrons. The van der Waals surface area contributed by atoms with E-state index in [0.717, 1.165) is 12.8 Å². The number of rotatable bonds is 4. The highest BCUT2D eigenvalue weighted by molar-refractivity contribution is 5.66. The number of hydrogen-bond donors (Lipinski definition) is 1. The first-order valence-corrected chi connectivity index (χ1v) is 3.13. The molecule has 0 aliphatic rings. The molecule has 0 amide bonds. The van der Waals surface area contributed by atoms with Crippen molar-refractivity contribution in [3.8, 4) is 0 Å². The van der Waals surface area contributed by atoms with Crippen molar-refractivity contribution in [1.82, 2.24) is 0 Å². The van der Waals surface area contributed by atoms with E-state index >= 15 is 0 Å². The van der Waals surface area contributed by atoms with E-state index in [9.17, 15) is 4.79 Å². The Labute approximate surface area is 55.9 Å². The van der Waals surface area contributed by atoms with Gasteiger partial charge in [0.1, 0.15) is 0 Å². The van der Waals surface area contributed by atoms with Gasteiger partial charge < -0.3 is 5.11 Å². The zero-order valence-electron chi connectivity index (χ0n) is 5.98. The molecule has 0 rings (SSSR count). The normalized spacial score (nSPS) is 10.1. The molecule has 0 fully saturated rings. The van der Waals surface area contributed by atoms with E-state index in [1.54, 1.807) is 0 Å². The van der Waals surface area contributed by atoms with Crippen LogP contribution in [0.2, 0.25) is 0 Å². The monoisotopic (exact) mass is 129 g/mol. The van der Waals surface area contributed by atoms with Crippen molar-refractivity contribution in [2.75, 3.05) is 0 Å². The quantitative estimate of drug-likeness (QED) is 0.629. The molecule has 0 aliphatic heterocycles. The van der Waals surface area contributed by atoms with E-state index < -0.39 is 5.97 Å². The highest BCUT2D eigenvalue weighted by Gasteiger charge is 1.98. The molecular formula is C7H13O2. The second-order valence-electron chi connectivity index (χ2n) is 2.45. The maximum atomic E-state index is 9.97. The molecule has 0 aromatic heterocycles. The predicted octanol–water partition coefficient (Wildman–Crippen LogP) is 1.86. The Balaban J connectivity index is 3.01. The van der Waals surface area contributed by atoms with Crippen molar-refractivity contribution < 1.29 is 9.90 Å². The van der Waals surface area contributed by atoms with Crippen LogP contribution in [0.4, 0.5) is 0 Å². The van der Waals surface area contributed by atoms with Crippen LogP contribution < -0.4 is 0 Å². The highest BCUT2D eigenvalue weighted by atomic mass is 16.4. The Kier molecular flexibility index (Phi) is 4.10. The molecule has 1 N–H and O–H groups in total. The Morgan fingerprint density at radius 3 is 2.22 bits per heavy atom. The molecule has 1 radical (unpaired) electrons. The number of carbonyl (C=O) groups is 1. The fraction of sp³-hybridized carbons (Fsp3) is 0.714. The number of aliphatic carboxylic acids is 1. The van der Waals surface area contributed by atoms with Crippen LogP contribution in [-0.2, 0) is 4.79 Å². The molecule has 0 saturated heterocycles. The SMILES string of the molecule is C[C](C)CCCC(=O)O. The average molecular weight is 129 g/mol. The largest absolute Gasteiger partial charge is 0.481 e. The molecule has 2 heteroatoms. The van der Waals surface area contributed by atoms with Crippen molar-refractivity contribution in [2.45, 2.75) is 33.1 Å². The standard InChI is InChI=1S/C7H13O2/c1-6(2)4-3-5-7(8)9/h3-5H2,1-2H3,(H,8,9). The zero-order valence-corrected chi connectivity index (χ0v) is 5.98. The second-order valence-corrected chi connectivity index (χ2v) is 2.45. The molecule has 0 bridgehead atoms. The molecule has 0 spiro atoms. The zero-order chi connectivity index (χ0) is 7.28. The minimum atomic E-state index is -0.698. The summed E-state index contributed by atoms with van der Waals surface area (Å²) in [4.78, 5) is 9.97. The summed E-state index contributed by atoms with van der Waals surface area (Å²) in [5.74, 6) is 0.604. The van der Waals surface area contributed by atoms with Gasteiger partial charge >= 0.3 is 5.97 Å². The third-order valence-electron chi connectivity index (χ3n) is 1.07. The van der Waals surface area contributed by atoms with Gasteiger partial charge in [-0.3, -0.25) is 4.79 Å². The molecular weight excluding hydrogens is 116 g/mol. The fourth-order valence-corrected chi connectivity index (χ4v) is 0.593. The topological polar surface area (TPSA) is 37.3 Å². The third-order valence-corrected chi connectivity index (χ3v) is 1.07. The van der Waals surface area contributed by atoms with E-state index in [1.165, 1.54) is 5.92 Å². The Morgan fingerprint density at radius 1 is 1.33 bits per heavy atom. The molecule has 2 nitrogen and oxygen atoms in total. The fourth-order valence-electron chi connectivity index (χ4n) is 0.593. The van der Waals surface area contributed by atoms with Gasteiger partial charge in [0, 0.05) is 6.42 Å². The van der Waals surface area contributed by atoms with Crippen LogP contribution in [0.25, 0.3) is 0 Å². The average Bonchev–Trinajstić information content (AvgIpc) is 1.63. The molecule has 0 saturated carbocycles. The van der Waals surface area contributed by atoms with Crippen LogP contribution in [0.5, 0.6) is 0 Å². The van der Waals surface area contributed by atoms with E-state index in [4.69, 9.17) is 5.11 Å². The van der Waals surface area contributed by atoms with Crippen molar-refractivity contribution in [1.29, 1.82) is 0 Å². The van der Waals surface area contributed by atoms with E-state index in [2.05, 4.69) is 0 Å². The van der Waals surface area contributed by atoms with Gasteiger partial charge in [0.2, 0.25) is 0 Å². The van der Waals surface area contributed by atoms with Crippen LogP contribution in [-0.4, -0.2) is 11.1 Å². The minimum Gasteiger partial charge on any atom is -0.481 e. The minimum absolute atomic E-state index is 0.297. The van der Waals surface area contributed by atoms with Crippen LogP contribution in [0.3, 0.4) is 0 Å². The first-order valence-electron chi connectivity index (χ1n) is 3.13. The van der Waals surface area contributed by atoms with Crippen LogP contribution in [0, 0.1) is 5.92 Å². The first-order chi connectivity index (χ1) is 4.13. The predicted molar refractivity (Wildman–Crippen MR) is 36.1 cm³/mol. The number of carboxylic acid groups (broad SMARTS) is 1. The van der Waals surface area contributed by atoms with Gasteiger partial charge in [0.05, 0.1) is 0 Å². The van der Waals surface area contributed by atoms with Crippen LogP contribution in [0.1, 0.15) is 33.1 Å². The smallest absolute Gasteiger partial charge is 0.303 e. The Hall–Kier alpha value is -0.530.